The van der Waals surface area contributed by atoms with Gasteiger partial charge >= 0.3 is 0 Å². The van der Waals surface area contributed by atoms with E-state index >= 15 is 0 Å². The van der Waals surface area contributed by atoms with Crippen molar-refractivity contribution in [1.29, 1.82) is 0 Å². The standard InChI is InChI=1S/C15H24FNO3/c1-4-17-13(11-20-8-7-18-2)9-12-5-6-15(19-3)14(16)10-12/h5-6,10,13,17H,4,7-9,11H2,1-3H3. The van der Waals surface area contributed by atoms with Gasteiger partial charge < -0.3 is 19.5 Å². The van der Waals surface area contributed by atoms with E-state index in [4.69, 9.17) is 14.2 Å². The van der Waals surface area contributed by atoms with Crippen LogP contribution in [0.4, 0.5) is 4.39 Å². The van der Waals surface area contributed by atoms with E-state index in [0.29, 0.717) is 26.2 Å². The largest absolute Gasteiger partial charge is 0.494 e. The van der Waals surface area contributed by atoms with Gasteiger partial charge in [-0.3, -0.25) is 0 Å². The molecule has 1 unspecified atom stereocenters. The minimum absolute atomic E-state index is 0.157. The highest BCUT2D eigenvalue weighted by atomic mass is 19.1. The maximum Gasteiger partial charge on any atom is 0.165 e. The number of methoxy groups -OCH3 is 2. The first-order chi connectivity index (χ1) is 9.71. The Morgan fingerprint density at radius 1 is 1.25 bits per heavy atom. The second kappa shape index (κ2) is 9.69. The van der Waals surface area contributed by atoms with Crippen LogP contribution in [0.15, 0.2) is 18.2 Å². The molecule has 0 amide bonds. The maximum atomic E-state index is 13.6. The molecule has 1 aromatic carbocycles. The van der Waals surface area contributed by atoms with Crippen LogP contribution in [0, 0.1) is 5.82 Å². The third-order valence-corrected chi connectivity index (χ3v) is 2.94. The van der Waals surface area contributed by atoms with Crippen molar-refractivity contribution < 1.29 is 18.6 Å². The van der Waals surface area contributed by atoms with Gasteiger partial charge in [0.05, 0.1) is 26.9 Å². The van der Waals surface area contributed by atoms with Crippen molar-refractivity contribution in [3.8, 4) is 5.75 Å². The minimum Gasteiger partial charge on any atom is -0.494 e. The third kappa shape index (κ3) is 5.86. The van der Waals surface area contributed by atoms with Crippen LogP contribution in [0.1, 0.15) is 12.5 Å². The molecule has 1 rings (SSSR count). The molecule has 4 nitrogen and oxygen atoms in total. The average Bonchev–Trinajstić information content (AvgIpc) is 2.44. The van der Waals surface area contributed by atoms with Crippen molar-refractivity contribution in [2.45, 2.75) is 19.4 Å². The predicted molar refractivity (Wildman–Crippen MR) is 76.8 cm³/mol. The molecule has 0 saturated carbocycles. The van der Waals surface area contributed by atoms with E-state index in [0.717, 1.165) is 12.1 Å². The zero-order valence-corrected chi connectivity index (χ0v) is 12.4. The van der Waals surface area contributed by atoms with Crippen molar-refractivity contribution in [3.05, 3.63) is 29.6 Å². The van der Waals surface area contributed by atoms with Gasteiger partial charge in [0.15, 0.2) is 11.6 Å². The fraction of sp³-hybridized carbons (Fsp3) is 0.600. The van der Waals surface area contributed by atoms with Gasteiger partial charge in [0.2, 0.25) is 0 Å². The van der Waals surface area contributed by atoms with Gasteiger partial charge in [0, 0.05) is 13.2 Å². The second-order valence-corrected chi connectivity index (χ2v) is 4.50. The zero-order chi connectivity index (χ0) is 14.8. The SMILES string of the molecule is CCNC(COCCOC)Cc1ccc(OC)c(F)c1. The molecule has 20 heavy (non-hydrogen) atoms. The van der Waals surface area contributed by atoms with E-state index in [2.05, 4.69) is 5.32 Å². The highest BCUT2D eigenvalue weighted by Gasteiger charge is 2.11. The van der Waals surface area contributed by atoms with E-state index < -0.39 is 0 Å². The number of hydrogen-bond donors (Lipinski definition) is 1. The Morgan fingerprint density at radius 3 is 2.65 bits per heavy atom. The molecule has 0 aromatic heterocycles. The van der Waals surface area contributed by atoms with Crippen molar-refractivity contribution in [2.75, 3.05) is 40.6 Å². The number of hydrogen-bond acceptors (Lipinski definition) is 4. The molecule has 0 aliphatic carbocycles. The zero-order valence-electron chi connectivity index (χ0n) is 12.4. The topological polar surface area (TPSA) is 39.7 Å². The molecule has 0 aliphatic rings. The maximum absolute atomic E-state index is 13.6. The van der Waals surface area contributed by atoms with Gasteiger partial charge in [-0.05, 0) is 30.7 Å². The summed E-state index contributed by atoms with van der Waals surface area (Å²) in [5.41, 5.74) is 0.921. The van der Waals surface area contributed by atoms with Crippen molar-refractivity contribution in [2.24, 2.45) is 0 Å². The molecule has 5 heteroatoms. The van der Waals surface area contributed by atoms with Gasteiger partial charge in [-0.2, -0.15) is 0 Å². The highest BCUT2D eigenvalue weighted by molar-refractivity contribution is 5.29. The lowest BCUT2D eigenvalue weighted by molar-refractivity contribution is 0.0589. The fourth-order valence-electron chi connectivity index (χ4n) is 1.97. The molecule has 1 aromatic rings. The Kier molecular flexibility index (Phi) is 8.18. The fourth-order valence-corrected chi connectivity index (χ4v) is 1.97. The van der Waals surface area contributed by atoms with Crippen LogP contribution < -0.4 is 10.1 Å². The van der Waals surface area contributed by atoms with E-state index in [1.54, 1.807) is 13.2 Å². The average molecular weight is 285 g/mol. The molecule has 0 spiro atoms. The summed E-state index contributed by atoms with van der Waals surface area (Å²) in [5.74, 6) is -0.0642. The van der Waals surface area contributed by atoms with E-state index in [9.17, 15) is 4.39 Å². The monoisotopic (exact) mass is 285 g/mol. The molecule has 1 N–H and O–H groups in total. The molecule has 0 bridgehead atoms. The van der Waals surface area contributed by atoms with E-state index in [-0.39, 0.29) is 17.6 Å². The lowest BCUT2D eigenvalue weighted by Crippen LogP contribution is -2.35. The number of ether oxygens (including phenoxy) is 3. The summed E-state index contributed by atoms with van der Waals surface area (Å²) in [6.07, 6.45) is 0.710. The Morgan fingerprint density at radius 2 is 2.05 bits per heavy atom. The summed E-state index contributed by atoms with van der Waals surface area (Å²) in [6.45, 7) is 4.60. The Hall–Kier alpha value is -1.17. The van der Waals surface area contributed by atoms with Crippen LogP contribution in [0.25, 0.3) is 0 Å². The summed E-state index contributed by atoms with van der Waals surface area (Å²) >= 11 is 0. The molecule has 114 valence electrons. The van der Waals surface area contributed by atoms with Gasteiger partial charge in [-0.1, -0.05) is 13.0 Å². The predicted octanol–water partition coefficient (Wildman–Crippen LogP) is 2.02. The molecule has 0 aliphatic heterocycles. The highest BCUT2D eigenvalue weighted by Crippen LogP contribution is 2.18. The van der Waals surface area contributed by atoms with Crippen LogP contribution in [-0.4, -0.2) is 46.6 Å². The number of halogens is 1. The Labute approximate surface area is 120 Å². The smallest absolute Gasteiger partial charge is 0.165 e. The molecule has 0 saturated heterocycles. The second-order valence-electron chi connectivity index (χ2n) is 4.50. The number of benzene rings is 1. The first-order valence-corrected chi connectivity index (χ1v) is 6.83. The van der Waals surface area contributed by atoms with Crippen molar-refractivity contribution in [3.63, 3.8) is 0 Å². The van der Waals surface area contributed by atoms with E-state index in [1.165, 1.54) is 13.2 Å². The first-order valence-electron chi connectivity index (χ1n) is 6.83. The van der Waals surface area contributed by atoms with Crippen LogP contribution in [-0.2, 0) is 15.9 Å². The molecular formula is C15H24FNO3. The van der Waals surface area contributed by atoms with Crippen LogP contribution in [0.5, 0.6) is 5.75 Å². The Bertz CT molecular complexity index is 387. The molecule has 1 atom stereocenters. The molecular weight excluding hydrogens is 261 g/mol. The third-order valence-electron chi connectivity index (χ3n) is 2.94. The minimum atomic E-state index is -0.333. The quantitative estimate of drug-likeness (QED) is 0.668. The van der Waals surface area contributed by atoms with Gasteiger partial charge in [0.1, 0.15) is 0 Å². The summed E-state index contributed by atoms with van der Waals surface area (Å²) < 4.78 is 29.0. The summed E-state index contributed by atoms with van der Waals surface area (Å²) in [7, 11) is 3.11. The van der Waals surface area contributed by atoms with Crippen molar-refractivity contribution in [1.82, 2.24) is 5.32 Å². The van der Waals surface area contributed by atoms with Gasteiger partial charge in [-0.25, -0.2) is 4.39 Å². The molecule has 0 heterocycles. The van der Waals surface area contributed by atoms with Crippen LogP contribution in [0.2, 0.25) is 0 Å². The van der Waals surface area contributed by atoms with Gasteiger partial charge in [0.25, 0.3) is 0 Å². The Balaban J connectivity index is 2.53. The van der Waals surface area contributed by atoms with Crippen LogP contribution in [0.3, 0.4) is 0 Å². The first kappa shape index (κ1) is 16.9. The number of likely N-dealkylation sites (N-methyl/N-ethyl adjacent to an activating group) is 1. The number of rotatable bonds is 10. The summed E-state index contributed by atoms with van der Waals surface area (Å²) in [4.78, 5) is 0. The normalized spacial score (nSPS) is 12.4. The number of nitrogens with one attached hydrogen (secondary N) is 1. The van der Waals surface area contributed by atoms with Crippen molar-refractivity contribution >= 4 is 0 Å². The lowest BCUT2D eigenvalue weighted by Gasteiger charge is -2.18. The molecule has 0 radical (unpaired) electrons. The lowest BCUT2D eigenvalue weighted by atomic mass is 10.1. The van der Waals surface area contributed by atoms with Gasteiger partial charge in [-0.15, -0.1) is 0 Å². The summed E-state index contributed by atoms with van der Waals surface area (Å²) in [5, 5.41) is 3.34. The summed E-state index contributed by atoms with van der Waals surface area (Å²) in [6, 6.07) is 5.20. The van der Waals surface area contributed by atoms with Crippen LogP contribution >= 0.6 is 0 Å². The van der Waals surface area contributed by atoms with E-state index in [1.807, 2.05) is 13.0 Å². The molecule has 0 fully saturated rings.